The number of nitrogens with one attached hydrogen (secondary N) is 2. The molecule has 0 aromatic carbocycles. The molecule has 2 N–H and O–H groups in total. The predicted molar refractivity (Wildman–Crippen MR) is 146 cm³/mol. The minimum Gasteiger partial charge on any atom is -0.454 e. The van der Waals surface area contributed by atoms with Crippen LogP contribution < -0.4 is 15.8 Å². The van der Waals surface area contributed by atoms with Gasteiger partial charge >= 0.3 is 6.09 Å². The number of imidazole rings is 1. The third-order valence-electron chi connectivity index (χ3n) is 6.14. The third-order valence-corrected chi connectivity index (χ3v) is 6.14. The fourth-order valence-electron chi connectivity index (χ4n) is 4.04. The number of alkyl carbamates (subject to hydrolysis) is 1. The van der Waals surface area contributed by atoms with Gasteiger partial charge in [0.05, 0.1) is 18.2 Å². The van der Waals surface area contributed by atoms with Gasteiger partial charge in [-0.1, -0.05) is 0 Å². The van der Waals surface area contributed by atoms with Gasteiger partial charge in [-0.2, -0.15) is 0 Å². The predicted octanol–water partition coefficient (Wildman–Crippen LogP) is 4.37. The number of ether oxygens (including phenoxy) is 2. The summed E-state index contributed by atoms with van der Waals surface area (Å²) in [6, 6.07) is 7.24. The van der Waals surface area contributed by atoms with Crippen LogP contribution in [0.1, 0.15) is 47.0 Å². The molecular formula is C27H36N6O5. The van der Waals surface area contributed by atoms with E-state index in [9.17, 15) is 9.59 Å². The van der Waals surface area contributed by atoms with E-state index in [-0.39, 0.29) is 17.3 Å². The highest BCUT2D eigenvalue weighted by molar-refractivity contribution is 5.91. The van der Waals surface area contributed by atoms with E-state index in [2.05, 4.69) is 32.2 Å². The summed E-state index contributed by atoms with van der Waals surface area (Å²) in [7, 11) is 1.68. The maximum absolute atomic E-state index is 11.7. The number of amides is 1. The smallest absolute Gasteiger partial charge is 0.407 e. The fourth-order valence-corrected chi connectivity index (χ4v) is 4.04. The number of anilines is 1. The van der Waals surface area contributed by atoms with Gasteiger partial charge in [-0.05, 0) is 65.2 Å². The number of hydrogen-bond acceptors (Lipinski definition) is 8. The first-order valence-electron chi connectivity index (χ1n) is 12.9. The van der Waals surface area contributed by atoms with Gasteiger partial charge in [0.25, 0.3) is 5.56 Å². The molecule has 1 aliphatic rings. The molecule has 0 aliphatic heterocycles. The highest BCUT2D eigenvalue weighted by Crippen LogP contribution is 2.32. The summed E-state index contributed by atoms with van der Waals surface area (Å²) >= 11 is 0. The summed E-state index contributed by atoms with van der Waals surface area (Å²) in [4.78, 5) is 33.8. The lowest BCUT2D eigenvalue weighted by Gasteiger charge is -2.28. The molecular weight excluding hydrogens is 488 g/mol. The molecule has 1 aliphatic carbocycles. The molecule has 4 aromatic heterocycles. The maximum Gasteiger partial charge on any atom is 0.407 e. The zero-order chi connectivity index (χ0) is 27.3. The van der Waals surface area contributed by atoms with Crippen molar-refractivity contribution in [3.05, 3.63) is 47.0 Å². The number of fused-ring (bicyclic) bond motifs is 2. The van der Waals surface area contributed by atoms with Crippen LogP contribution in [0.25, 0.3) is 28.1 Å². The summed E-state index contributed by atoms with van der Waals surface area (Å²) in [5.74, 6) is 1.46. The second-order valence-corrected chi connectivity index (χ2v) is 10.1. The molecule has 0 radical (unpaired) electrons. The highest BCUT2D eigenvalue weighted by atomic mass is 16.6. The van der Waals surface area contributed by atoms with Gasteiger partial charge in [0.15, 0.2) is 11.4 Å². The number of carbonyl (C=O) groups excluding carboxylic acids is 1. The van der Waals surface area contributed by atoms with E-state index in [4.69, 9.17) is 13.9 Å². The Kier molecular flexibility index (Phi) is 8.35. The molecule has 1 amide bonds. The van der Waals surface area contributed by atoms with E-state index < -0.39 is 0 Å². The van der Waals surface area contributed by atoms with Crippen molar-refractivity contribution in [2.75, 3.05) is 31.7 Å². The topological polar surface area (TPSA) is 127 Å². The normalized spacial score (nSPS) is 13.6. The first kappa shape index (κ1) is 27.2. The van der Waals surface area contributed by atoms with Crippen LogP contribution in [0.2, 0.25) is 0 Å². The Hall–Kier alpha value is -3.86. The number of furan rings is 1. The maximum atomic E-state index is 11.7. The van der Waals surface area contributed by atoms with Crippen LogP contribution in [0.4, 0.5) is 10.6 Å². The largest absolute Gasteiger partial charge is 0.454 e. The second kappa shape index (κ2) is 11.7. The summed E-state index contributed by atoms with van der Waals surface area (Å²) in [6.07, 6.45) is 6.54. The van der Waals surface area contributed by atoms with Crippen molar-refractivity contribution < 1.29 is 18.7 Å². The lowest BCUT2D eigenvalue weighted by Crippen LogP contribution is -2.42. The quantitative estimate of drug-likeness (QED) is 0.365. The summed E-state index contributed by atoms with van der Waals surface area (Å²) in [5.41, 5.74) is 1.47. The van der Waals surface area contributed by atoms with Crippen molar-refractivity contribution in [1.82, 2.24) is 24.9 Å². The first-order chi connectivity index (χ1) is 18.2. The van der Waals surface area contributed by atoms with Crippen molar-refractivity contribution in [3.8, 4) is 11.5 Å². The van der Waals surface area contributed by atoms with Gasteiger partial charge in [-0.25, -0.2) is 19.3 Å². The number of hydrogen-bond donors (Lipinski definition) is 2. The summed E-state index contributed by atoms with van der Waals surface area (Å²) in [6.45, 7) is 9.84. The average Bonchev–Trinajstić information content (AvgIpc) is 3.45. The van der Waals surface area contributed by atoms with Crippen LogP contribution in [0.5, 0.6) is 0 Å². The second-order valence-electron chi connectivity index (χ2n) is 10.1. The number of H-pyrrole nitrogens is 1. The number of rotatable bonds is 7. The zero-order valence-corrected chi connectivity index (χ0v) is 22.6. The fraction of sp³-hybridized carbons (Fsp3) is 0.481. The summed E-state index contributed by atoms with van der Waals surface area (Å²) < 4.78 is 17.9. The van der Waals surface area contributed by atoms with Gasteiger partial charge in [0.1, 0.15) is 22.7 Å². The standard InChI is InChI=1S/C18H19N5O3.C9H17NO2/c1-3-22(8-9-25-2)18-12-10-15(26-14(12)6-7-19-18)13-11-20-16-4-5-17(24)21-23(13)16;1-9(2,3)12-8(11)10-7-5-4-6-7/h4-7,10-11H,3,8-9H2,1-2H3,(H,21,24);7H,4-6H2,1-3H3,(H,10,11). The van der Waals surface area contributed by atoms with E-state index >= 15 is 0 Å². The molecule has 0 spiro atoms. The van der Waals surface area contributed by atoms with Crippen molar-refractivity contribution >= 4 is 28.5 Å². The van der Waals surface area contributed by atoms with Crippen LogP contribution in [-0.4, -0.2) is 64.1 Å². The number of carbonyl (C=O) groups is 1. The highest BCUT2D eigenvalue weighted by Gasteiger charge is 2.23. The molecule has 1 fully saturated rings. The minimum absolute atomic E-state index is 0.202. The molecule has 204 valence electrons. The molecule has 4 heterocycles. The number of aromatic nitrogens is 4. The van der Waals surface area contributed by atoms with E-state index in [1.807, 2.05) is 32.9 Å². The van der Waals surface area contributed by atoms with Gasteiger partial charge in [-0.3, -0.25) is 9.89 Å². The minimum atomic E-state index is -0.381. The lowest BCUT2D eigenvalue weighted by atomic mass is 9.93. The number of aromatic amines is 1. The Bertz CT molecular complexity index is 1430. The number of likely N-dealkylation sites (N-methyl/N-ethyl adjacent to an activating group) is 1. The Labute approximate surface area is 221 Å². The Morgan fingerprint density at radius 1 is 1.26 bits per heavy atom. The average molecular weight is 525 g/mol. The van der Waals surface area contributed by atoms with Crippen LogP contribution in [0.15, 0.2) is 45.9 Å². The lowest BCUT2D eigenvalue weighted by molar-refractivity contribution is 0.0480. The van der Waals surface area contributed by atoms with Crippen LogP contribution in [0, 0.1) is 0 Å². The molecule has 0 unspecified atom stereocenters. The van der Waals surface area contributed by atoms with Gasteiger partial charge in [0.2, 0.25) is 0 Å². The number of methoxy groups -OCH3 is 1. The Morgan fingerprint density at radius 2 is 2.05 bits per heavy atom. The van der Waals surface area contributed by atoms with Gasteiger partial charge in [0, 0.05) is 38.5 Å². The van der Waals surface area contributed by atoms with Crippen molar-refractivity contribution in [1.29, 1.82) is 0 Å². The molecule has 0 saturated heterocycles. The van der Waals surface area contributed by atoms with E-state index in [0.29, 0.717) is 29.8 Å². The zero-order valence-electron chi connectivity index (χ0n) is 22.6. The van der Waals surface area contributed by atoms with Crippen LogP contribution in [-0.2, 0) is 9.47 Å². The number of nitrogens with zero attached hydrogens (tertiary/aromatic N) is 4. The van der Waals surface area contributed by atoms with Gasteiger partial charge in [-0.15, -0.1) is 0 Å². The number of pyridine rings is 1. The van der Waals surface area contributed by atoms with E-state index in [0.717, 1.165) is 42.7 Å². The molecule has 38 heavy (non-hydrogen) atoms. The van der Waals surface area contributed by atoms with Crippen molar-refractivity contribution in [3.63, 3.8) is 0 Å². The molecule has 11 heteroatoms. The van der Waals surface area contributed by atoms with Crippen molar-refractivity contribution in [2.24, 2.45) is 0 Å². The third kappa shape index (κ3) is 6.52. The van der Waals surface area contributed by atoms with Crippen LogP contribution in [0.3, 0.4) is 0 Å². The Balaban J connectivity index is 0.000000236. The van der Waals surface area contributed by atoms with Crippen LogP contribution >= 0.6 is 0 Å². The van der Waals surface area contributed by atoms with Gasteiger partial charge < -0.3 is 24.1 Å². The molecule has 4 aromatic rings. The molecule has 1 saturated carbocycles. The van der Waals surface area contributed by atoms with E-state index in [1.165, 1.54) is 12.5 Å². The SMILES string of the molecule is CC(C)(C)OC(=O)NC1CCC1.CCN(CCOC)c1nccc2oc(-c3cnc4ccc(=O)[nH]n34)cc12. The molecule has 11 nitrogen and oxygen atoms in total. The Morgan fingerprint density at radius 3 is 2.71 bits per heavy atom. The summed E-state index contributed by atoms with van der Waals surface area (Å²) in [5, 5.41) is 6.48. The van der Waals surface area contributed by atoms with Crippen molar-refractivity contribution in [2.45, 2.75) is 58.6 Å². The van der Waals surface area contributed by atoms with E-state index in [1.54, 1.807) is 30.1 Å². The first-order valence-corrected chi connectivity index (χ1v) is 12.9. The molecule has 5 rings (SSSR count). The monoisotopic (exact) mass is 524 g/mol. The molecule has 0 bridgehead atoms. The molecule has 0 atom stereocenters.